The van der Waals surface area contributed by atoms with E-state index in [9.17, 15) is 5.11 Å². The average molecular weight is 323 g/mol. The van der Waals surface area contributed by atoms with Crippen molar-refractivity contribution in [2.24, 2.45) is 11.8 Å². The zero-order chi connectivity index (χ0) is 16.1. The predicted octanol–water partition coefficient (Wildman–Crippen LogP) is 3.56. The quantitative estimate of drug-likeness (QED) is 0.777. The number of nitrogens with one attached hydrogen (secondary N) is 1. The van der Waals surface area contributed by atoms with Crippen molar-refractivity contribution < 1.29 is 5.11 Å². The average Bonchev–Trinajstić information content (AvgIpc) is 2.80. The molecular formula is C20H38N2O. The Hall–Kier alpha value is -0.120. The summed E-state index contributed by atoms with van der Waals surface area (Å²) in [6, 6.07) is 2.11. The van der Waals surface area contributed by atoms with Gasteiger partial charge in [0.15, 0.2) is 0 Å². The molecule has 1 heterocycles. The van der Waals surface area contributed by atoms with E-state index in [1.165, 1.54) is 83.7 Å². The number of likely N-dealkylation sites (tertiary alicyclic amines) is 1. The number of rotatable bonds is 4. The molecule has 4 atom stereocenters. The lowest BCUT2D eigenvalue weighted by atomic mass is 9.85. The van der Waals surface area contributed by atoms with Crippen molar-refractivity contribution in [1.29, 1.82) is 0 Å². The summed E-state index contributed by atoms with van der Waals surface area (Å²) in [5.41, 5.74) is 0. The van der Waals surface area contributed by atoms with Gasteiger partial charge in [-0.25, -0.2) is 0 Å². The predicted molar refractivity (Wildman–Crippen MR) is 96.6 cm³/mol. The Morgan fingerprint density at radius 1 is 0.913 bits per heavy atom. The maximum absolute atomic E-state index is 9.70. The molecule has 0 radical (unpaired) electrons. The van der Waals surface area contributed by atoms with Crippen molar-refractivity contribution in [3.8, 4) is 0 Å². The van der Waals surface area contributed by atoms with Gasteiger partial charge in [-0.05, 0) is 63.5 Å². The third-order valence-electron chi connectivity index (χ3n) is 6.80. The van der Waals surface area contributed by atoms with Gasteiger partial charge in [0.05, 0.1) is 0 Å². The molecule has 3 aliphatic rings. The summed E-state index contributed by atoms with van der Waals surface area (Å²) in [5.74, 6) is 1.43. The zero-order valence-electron chi connectivity index (χ0n) is 15.2. The topological polar surface area (TPSA) is 35.5 Å². The molecule has 0 spiro atoms. The van der Waals surface area contributed by atoms with E-state index in [1.807, 2.05) is 0 Å². The maximum Gasteiger partial charge on any atom is 0.0474 e. The van der Waals surface area contributed by atoms with Crippen molar-refractivity contribution >= 4 is 0 Å². The molecule has 23 heavy (non-hydrogen) atoms. The number of aliphatic hydroxyl groups excluding tert-OH is 1. The van der Waals surface area contributed by atoms with Crippen LogP contribution in [0.15, 0.2) is 0 Å². The minimum atomic E-state index is 0.372. The third-order valence-corrected chi connectivity index (χ3v) is 6.80. The Kier molecular flexibility index (Phi) is 6.79. The summed E-state index contributed by atoms with van der Waals surface area (Å²) in [7, 11) is 0. The van der Waals surface area contributed by atoms with Gasteiger partial charge >= 0.3 is 0 Å². The highest BCUT2D eigenvalue weighted by molar-refractivity contribution is 4.88. The second-order valence-electron chi connectivity index (χ2n) is 8.59. The SMILES string of the molecule is C[C@@H]1CCC[C@H](N2CCC(N[C@H]3CCCCC[C@H]3CO)CC2)C1. The molecule has 1 saturated heterocycles. The number of hydrogen-bond acceptors (Lipinski definition) is 3. The lowest BCUT2D eigenvalue weighted by Gasteiger charge is -2.42. The maximum atomic E-state index is 9.70. The molecule has 0 aromatic rings. The van der Waals surface area contributed by atoms with Crippen LogP contribution in [0.1, 0.15) is 77.6 Å². The molecule has 2 saturated carbocycles. The second-order valence-corrected chi connectivity index (χ2v) is 8.59. The highest BCUT2D eigenvalue weighted by Gasteiger charge is 2.30. The van der Waals surface area contributed by atoms with E-state index in [2.05, 4.69) is 17.1 Å². The molecule has 134 valence electrons. The van der Waals surface area contributed by atoms with Gasteiger partial charge in [-0.3, -0.25) is 0 Å². The smallest absolute Gasteiger partial charge is 0.0474 e. The van der Waals surface area contributed by atoms with Gasteiger partial charge in [-0.15, -0.1) is 0 Å². The van der Waals surface area contributed by atoms with Gasteiger partial charge in [-0.2, -0.15) is 0 Å². The first-order chi connectivity index (χ1) is 11.3. The molecule has 2 N–H and O–H groups in total. The van der Waals surface area contributed by atoms with Crippen molar-refractivity contribution in [2.45, 2.75) is 95.7 Å². The standard InChI is InChI=1S/C20H38N2O/c1-16-6-5-8-19(14-16)22-12-10-18(11-13-22)21-20-9-4-2-3-7-17(20)15-23/h16-21,23H,2-15H2,1H3/t16-,17+,19+,20+/m1/s1. The van der Waals surface area contributed by atoms with Gasteiger partial charge in [0.1, 0.15) is 0 Å². The molecule has 3 rings (SSSR count). The fraction of sp³-hybridized carbons (Fsp3) is 1.00. The first kappa shape index (κ1) is 17.7. The van der Waals surface area contributed by atoms with Gasteiger partial charge < -0.3 is 15.3 Å². The molecule has 3 nitrogen and oxygen atoms in total. The minimum absolute atomic E-state index is 0.372. The van der Waals surface area contributed by atoms with E-state index in [1.54, 1.807) is 0 Å². The van der Waals surface area contributed by atoms with Crippen LogP contribution in [0.25, 0.3) is 0 Å². The Balaban J connectivity index is 1.44. The lowest BCUT2D eigenvalue weighted by molar-refractivity contribution is 0.0919. The van der Waals surface area contributed by atoms with Crippen molar-refractivity contribution in [2.75, 3.05) is 19.7 Å². The summed E-state index contributed by atoms with van der Waals surface area (Å²) in [6.07, 6.45) is 14.8. The molecule has 3 fully saturated rings. The van der Waals surface area contributed by atoms with Crippen LogP contribution in [0.2, 0.25) is 0 Å². The Morgan fingerprint density at radius 3 is 2.43 bits per heavy atom. The number of hydrogen-bond donors (Lipinski definition) is 2. The minimum Gasteiger partial charge on any atom is -0.396 e. The molecule has 0 unspecified atom stereocenters. The Labute approximate surface area is 143 Å². The molecule has 0 amide bonds. The Bertz CT molecular complexity index is 341. The normalized spacial score (nSPS) is 38.3. The highest BCUT2D eigenvalue weighted by Crippen LogP contribution is 2.30. The summed E-state index contributed by atoms with van der Waals surface area (Å²) in [6.45, 7) is 5.37. The lowest BCUT2D eigenvalue weighted by Crippen LogP contribution is -2.51. The van der Waals surface area contributed by atoms with E-state index in [0.717, 1.165) is 12.0 Å². The first-order valence-corrected chi connectivity index (χ1v) is 10.4. The van der Waals surface area contributed by atoms with E-state index in [0.29, 0.717) is 24.6 Å². The summed E-state index contributed by atoms with van der Waals surface area (Å²) in [5, 5.41) is 13.6. The van der Waals surface area contributed by atoms with Crippen LogP contribution in [0.4, 0.5) is 0 Å². The highest BCUT2D eigenvalue weighted by atomic mass is 16.3. The van der Waals surface area contributed by atoms with Crippen LogP contribution in [0, 0.1) is 11.8 Å². The van der Waals surface area contributed by atoms with Gasteiger partial charge in [-0.1, -0.05) is 39.0 Å². The zero-order valence-corrected chi connectivity index (χ0v) is 15.2. The van der Waals surface area contributed by atoms with Gasteiger partial charge in [0.2, 0.25) is 0 Å². The summed E-state index contributed by atoms with van der Waals surface area (Å²) < 4.78 is 0. The first-order valence-electron chi connectivity index (χ1n) is 10.4. The fourth-order valence-corrected chi connectivity index (χ4v) is 5.29. The monoisotopic (exact) mass is 322 g/mol. The van der Waals surface area contributed by atoms with Crippen LogP contribution in [-0.2, 0) is 0 Å². The van der Waals surface area contributed by atoms with Crippen LogP contribution in [-0.4, -0.2) is 47.8 Å². The largest absolute Gasteiger partial charge is 0.396 e. The molecule has 3 heteroatoms. The van der Waals surface area contributed by atoms with Gasteiger partial charge in [0, 0.05) is 24.7 Å². The van der Waals surface area contributed by atoms with Crippen molar-refractivity contribution in [3.05, 3.63) is 0 Å². The molecular weight excluding hydrogens is 284 g/mol. The van der Waals surface area contributed by atoms with E-state index >= 15 is 0 Å². The van der Waals surface area contributed by atoms with Crippen molar-refractivity contribution in [3.63, 3.8) is 0 Å². The molecule has 0 bridgehead atoms. The van der Waals surface area contributed by atoms with Crippen molar-refractivity contribution in [1.82, 2.24) is 10.2 Å². The molecule has 1 aliphatic heterocycles. The number of aliphatic hydroxyl groups is 1. The third kappa shape index (κ3) is 4.93. The molecule has 2 aliphatic carbocycles. The molecule has 0 aromatic heterocycles. The number of piperidine rings is 1. The molecule has 0 aromatic carbocycles. The van der Waals surface area contributed by atoms with E-state index in [4.69, 9.17) is 0 Å². The van der Waals surface area contributed by atoms with Crippen LogP contribution < -0.4 is 5.32 Å². The second kappa shape index (κ2) is 8.82. The van der Waals surface area contributed by atoms with Crippen LogP contribution in [0.5, 0.6) is 0 Å². The number of nitrogens with zero attached hydrogens (tertiary/aromatic N) is 1. The van der Waals surface area contributed by atoms with E-state index < -0.39 is 0 Å². The fourth-order valence-electron chi connectivity index (χ4n) is 5.29. The summed E-state index contributed by atoms with van der Waals surface area (Å²) in [4.78, 5) is 2.78. The Morgan fingerprint density at radius 2 is 1.70 bits per heavy atom. The van der Waals surface area contributed by atoms with Crippen LogP contribution in [0.3, 0.4) is 0 Å². The van der Waals surface area contributed by atoms with Gasteiger partial charge in [0.25, 0.3) is 0 Å². The summed E-state index contributed by atoms with van der Waals surface area (Å²) >= 11 is 0. The van der Waals surface area contributed by atoms with E-state index in [-0.39, 0.29) is 0 Å². The van der Waals surface area contributed by atoms with Crippen LogP contribution >= 0.6 is 0 Å².